The van der Waals surface area contributed by atoms with Gasteiger partial charge in [-0.25, -0.2) is 9.97 Å². The minimum absolute atomic E-state index is 0.928. The van der Waals surface area contributed by atoms with Crippen molar-refractivity contribution in [2.45, 2.75) is 0 Å². The Bertz CT molecular complexity index is 877. The maximum atomic E-state index is 4.79. The zero-order valence-electron chi connectivity index (χ0n) is 15.1. The van der Waals surface area contributed by atoms with Gasteiger partial charge in [-0.15, -0.1) is 0 Å². The molecule has 1 saturated heterocycles. The molecule has 1 aliphatic rings. The molecular weight excluding hydrogens is 312 g/mol. The quantitative estimate of drug-likeness (QED) is 0.733. The molecule has 0 amide bonds. The Morgan fingerprint density at radius 2 is 1.84 bits per heavy atom. The summed E-state index contributed by atoms with van der Waals surface area (Å²) in [6.07, 6.45) is 5.85. The maximum Gasteiger partial charge on any atom is 0.180 e. The standard InChI is InChI=1S/C19H24N6/c1-22(2)16-6-4-5-15(13-16)17-14-21-18(19-20-7-8-25(17)19)24-11-9-23(3)10-12-24/h4-8,13-14H,9-12H2,1-3H3. The monoisotopic (exact) mass is 336 g/mol. The Morgan fingerprint density at radius 3 is 2.60 bits per heavy atom. The van der Waals surface area contributed by atoms with Crippen molar-refractivity contribution in [3.63, 3.8) is 0 Å². The summed E-state index contributed by atoms with van der Waals surface area (Å²) in [4.78, 5) is 16.2. The van der Waals surface area contributed by atoms with Gasteiger partial charge in [-0.05, 0) is 19.2 Å². The minimum Gasteiger partial charge on any atom is -0.378 e. The van der Waals surface area contributed by atoms with Crippen LogP contribution in [0.15, 0.2) is 42.9 Å². The van der Waals surface area contributed by atoms with E-state index in [1.807, 2.05) is 18.6 Å². The highest BCUT2D eigenvalue weighted by Crippen LogP contribution is 2.27. The molecular formula is C19H24N6. The van der Waals surface area contributed by atoms with Crippen LogP contribution in [-0.4, -0.2) is 66.6 Å². The molecule has 1 fully saturated rings. The third-order valence-electron chi connectivity index (χ3n) is 4.87. The van der Waals surface area contributed by atoms with Gasteiger partial charge in [-0.1, -0.05) is 12.1 Å². The molecule has 0 spiro atoms. The Labute approximate surface area is 148 Å². The molecule has 0 unspecified atom stereocenters. The average Bonchev–Trinajstić information content (AvgIpc) is 3.11. The van der Waals surface area contributed by atoms with E-state index in [1.165, 1.54) is 5.69 Å². The van der Waals surface area contributed by atoms with Crippen LogP contribution < -0.4 is 9.80 Å². The number of hydrogen-bond donors (Lipinski definition) is 0. The Morgan fingerprint density at radius 1 is 1.04 bits per heavy atom. The molecule has 2 aromatic heterocycles. The van der Waals surface area contributed by atoms with E-state index in [0.29, 0.717) is 0 Å². The first kappa shape index (κ1) is 15.9. The summed E-state index contributed by atoms with van der Waals surface area (Å²) in [6.45, 7) is 4.09. The second-order valence-corrected chi connectivity index (χ2v) is 6.82. The summed E-state index contributed by atoms with van der Waals surface area (Å²) in [5.41, 5.74) is 4.31. The van der Waals surface area contributed by atoms with E-state index in [4.69, 9.17) is 4.98 Å². The van der Waals surface area contributed by atoms with E-state index in [-0.39, 0.29) is 0 Å². The van der Waals surface area contributed by atoms with Crippen LogP contribution in [0.5, 0.6) is 0 Å². The van der Waals surface area contributed by atoms with Gasteiger partial charge in [0.2, 0.25) is 0 Å². The number of hydrogen-bond acceptors (Lipinski definition) is 5. The molecule has 1 aliphatic heterocycles. The molecule has 4 rings (SSSR count). The average molecular weight is 336 g/mol. The van der Waals surface area contributed by atoms with Crippen molar-refractivity contribution in [2.75, 3.05) is 57.1 Å². The van der Waals surface area contributed by atoms with Crippen molar-refractivity contribution in [1.82, 2.24) is 19.3 Å². The van der Waals surface area contributed by atoms with E-state index in [0.717, 1.165) is 48.9 Å². The highest BCUT2D eigenvalue weighted by atomic mass is 15.3. The van der Waals surface area contributed by atoms with E-state index in [9.17, 15) is 0 Å². The Balaban J connectivity index is 1.76. The molecule has 0 aliphatic carbocycles. The second-order valence-electron chi connectivity index (χ2n) is 6.82. The maximum absolute atomic E-state index is 4.79. The molecule has 0 atom stereocenters. The number of anilines is 2. The lowest BCUT2D eigenvalue weighted by atomic mass is 10.1. The molecule has 6 heteroatoms. The molecule has 0 bridgehead atoms. The third kappa shape index (κ3) is 2.93. The molecule has 1 aromatic carbocycles. The predicted molar refractivity (Wildman–Crippen MR) is 102 cm³/mol. The zero-order chi connectivity index (χ0) is 17.4. The van der Waals surface area contributed by atoms with Crippen LogP contribution in [0.1, 0.15) is 0 Å². The summed E-state index contributed by atoms with van der Waals surface area (Å²) < 4.78 is 2.15. The third-order valence-corrected chi connectivity index (χ3v) is 4.87. The summed E-state index contributed by atoms with van der Waals surface area (Å²) in [7, 11) is 6.28. The number of benzene rings is 1. The van der Waals surface area contributed by atoms with Crippen molar-refractivity contribution in [3.05, 3.63) is 42.9 Å². The van der Waals surface area contributed by atoms with E-state index < -0.39 is 0 Å². The first-order chi connectivity index (χ1) is 12.1. The molecule has 3 heterocycles. The van der Waals surface area contributed by atoms with Crippen LogP contribution in [0.4, 0.5) is 11.5 Å². The molecule has 0 N–H and O–H groups in total. The van der Waals surface area contributed by atoms with E-state index in [1.54, 1.807) is 0 Å². The number of imidazole rings is 1. The van der Waals surface area contributed by atoms with Gasteiger partial charge >= 0.3 is 0 Å². The van der Waals surface area contributed by atoms with Gasteiger partial charge in [0.25, 0.3) is 0 Å². The summed E-state index contributed by atoms with van der Waals surface area (Å²) in [5.74, 6) is 0.977. The summed E-state index contributed by atoms with van der Waals surface area (Å²) in [6, 6.07) is 8.51. The number of piperazine rings is 1. The lowest BCUT2D eigenvalue weighted by Crippen LogP contribution is -2.45. The lowest BCUT2D eigenvalue weighted by Gasteiger charge is -2.33. The van der Waals surface area contributed by atoms with Gasteiger partial charge in [-0.3, -0.25) is 4.40 Å². The van der Waals surface area contributed by atoms with Crippen LogP contribution >= 0.6 is 0 Å². The number of fused-ring (bicyclic) bond motifs is 1. The fourth-order valence-corrected chi connectivity index (χ4v) is 3.30. The summed E-state index contributed by atoms with van der Waals surface area (Å²) >= 11 is 0. The SMILES string of the molecule is CN1CCN(c2ncc(-c3cccc(N(C)C)c3)n3ccnc23)CC1. The van der Waals surface area contributed by atoms with E-state index in [2.05, 4.69) is 69.5 Å². The first-order valence-corrected chi connectivity index (χ1v) is 8.67. The minimum atomic E-state index is 0.928. The van der Waals surface area contributed by atoms with Gasteiger partial charge in [0, 0.05) is 63.9 Å². The fourth-order valence-electron chi connectivity index (χ4n) is 3.30. The second kappa shape index (κ2) is 6.37. The van der Waals surface area contributed by atoms with Crippen molar-refractivity contribution in [1.29, 1.82) is 0 Å². The van der Waals surface area contributed by atoms with Crippen LogP contribution in [-0.2, 0) is 0 Å². The fraction of sp³-hybridized carbons (Fsp3) is 0.368. The largest absolute Gasteiger partial charge is 0.378 e. The molecule has 25 heavy (non-hydrogen) atoms. The molecule has 3 aromatic rings. The normalized spacial score (nSPS) is 15.7. The molecule has 6 nitrogen and oxygen atoms in total. The smallest absolute Gasteiger partial charge is 0.180 e. The number of rotatable bonds is 3. The highest BCUT2D eigenvalue weighted by Gasteiger charge is 2.20. The molecule has 0 radical (unpaired) electrons. The zero-order valence-corrected chi connectivity index (χ0v) is 15.1. The number of aromatic nitrogens is 3. The number of likely N-dealkylation sites (N-methyl/N-ethyl adjacent to an activating group) is 1. The summed E-state index contributed by atoms with van der Waals surface area (Å²) in [5, 5.41) is 0. The predicted octanol–water partition coefficient (Wildman–Crippen LogP) is 2.21. The van der Waals surface area contributed by atoms with Crippen molar-refractivity contribution < 1.29 is 0 Å². The van der Waals surface area contributed by atoms with Gasteiger partial charge in [-0.2, -0.15) is 0 Å². The topological polar surface area (TPSA) is 39.9 Å². The van der Waals surface area contributed by atoms with Gasteiger partial charge in [0.05, 0.1) is 11.9 Å². The van der Waals surface area contributed by atoms with Crippen LogP contribution in [0.2, 0.25) is 0 Å². The van der Waals surface area contributed by atoms with Crippen molar-refractivity contribution in [2.24, 2.45) is 0 Å². The van der Waals surface area contributed by atoms with Crippen molar-refractivity contribution in [3.8, 4) is 11.3 Å². The highest BCUT2D eigenvalue weighted by molar-refractivity contribution is 5.73. The van der Waals surface area contributed by atoms with E-state index >= 15 is 0 Å². The van der Waals surface area contributed by atoms with Crippen LogP contribution in [0, 0.1) is 0 Å². The van der Waals surface area contributed by atoms with Crippen LogP contribution in [0.3, 0.4) is 0 Å². The molecule has 130 valence electrons. The number of nitrogens with zero attached hydrogens (tertiary/aromatic N) is 6. The van der Waals surface area contributed by atoms with Crippen molar-refractivity contribution >= 4 is 17.2 Å². The Hall–Kier alpha value is -2.60. The van der Waals surface area contributed by atoms with Gasteiger partial charge < -0.3 is 14.7 Å². The Kier molecular flexibility index (Phi) is 4.05. The van der Waals surface area contributed by atoms with Gasteiger partial charge in [0.1, 0.15) is 0 Å². The molecule has 0 saturated carbocycles. The first-order valence-electron chi connectivity index (χ1n) is 8.67. The van der Waals surface area contributed by atoms with Gasteiger partial charge in [0.15, 0.2) is 11.5 Å². The van der Waals surface area contributed by atoms with Crippen LogP contribution in [0.25, 0.3) is 16.9 Å². The lowest BCUT2D eigenvalue weighted by molar-refractivity contribution is 0.312.